The minimum Gasteiger partial charge on any atom is -0.466 e. The zero-order valence-corrected chi connectivity index (χ0v) is 18.8. The third kappa shape index (κ3) is 5.42. The van der Waals surface area contributed by atoms with E-state index in [1.807, 2.05) is 26.8 Å². The standard InChI is InChI=1S/C22H27N3O5S/c1-14(2)12-23-31(28,29)13-16-6-5-7-17(11-16)24-20(26)22(4)21(27)25-18-10-15(3)8-9-19(18)30-22/h5-11,14,23H,12-13H2,1-4H3,(H,24,26)(H,25,27). The van der Waals surface area contributed by atoms with Gasteiger partial charge in [0.25, 0.3) is 17.4 Å². The fraction of sp³-hybridized carbons (Fsp3) is 0.364. The van der Waals surface area contributed by atoms with E-state index in [2.05, 4.69) is 15.4 Å². The molecule has 2 aromatic carbocycles. The van der Waals surface area contributed by atoms with Crippen LogP contribution in [0.4, 0.5) is 11.4 Å². The van der Waals surface area contributed by atoms with Gasteiger partial charge in [-0.15, -0.1) is 0 Å². The summed E-state index contributed by atoms with van der Waals surface area (Å²) in [5, 5.41) is 5.37. The van der Waals surface area contributed by atoms with Gasteiger partial charge in [-0.05, 0) is 55.2 Å². The number of aryl methyl sites for hydroxylation is 1. The van der Waals surface area contributed by atoms with Crippen LogP contribution >= 0.6 is 0 Å². The molecule has 2 aromatic rings. The van der Waals surface area contributed by atoms with Gasteiger partial charge in [0.1, 0.15) is 5.75 Å². The smallest absolute Gasteiger partial charge is 0.278 e. The van der Waals surface area contributed by atoms with E-state index in [0.29, 0.717) is 29.2 Å². The quantitative estimate of drug-likeness (QED) is 0.567. The van der Waals surface area contributed by atoms with Crippen LogP contribution < -0.4 is 20.1 Å². The van der Waals surface area contributed by atoms with Crippen molar-refractivity contribution in [1.82, 2.24) is 4.72 Å². The van der Waals surface area contributed by atoms with Crippen molar-refractivity contribution >= 4 is 33.2 Å². The lowest BCUT2D eigenvalue weighted by Crippen LogP contribution is -2.56. The summed E-state index contributed by atoms with van der Waals surface area (Å²) >= 11 is 0. The van der Waals surface area contributed by atoms with Crippen LogP contribution in [0.3, 0.4) is 0 Å². The zero-order chi connectivity index (χ0) is 22.8. The second-order valence-corrected chi connectivity index (χ2v) is 10.1. The second-order valence-electron chi connectivity index (χ2n) is 8.24. The van der Waals surface area contributed by atoms with Crippen LogP contribution in [0.1, 0.15) is 31.9 Å². The topological polar surface area (TPSA) is 114 Å². The third-order valence-corrected chi connectivity index (χ3v) is 6.14. The van der Waals surface area contributed by atoms with E-state index in [9.17, 15) is 18.0 Å². The van der Waals surface area contributed by atoms with Crippen molar-refractivity contribution in [2.24, 2.45) is 5.92 Å². The third-order valence-electron chi connectivity index (χ3n) is 4.82. The minimum absolute atomic E-state index is 0.192. The van der Waals surface area contributed by atoms with Crippen LogP contribution in [0.5, 0.6) is 5.75 Å². The fourth-order valence-corrected chi connectivity index (χ4v) is 4.35. The van der Waals surface area contributed by atoms with E-state index in [0.717, 1.165) is 5.56 Å². The van der Waals surface area contributed by atoms with Gasteiger partial charge in [0.2, 0.25) is 10.0 Å². The Labute approximate surface area is 182 Å². The van der Waals surface area contributed by atoms with Crippen molar-refractivity contribution in [2.45, 2.75) is 39.0 Å². The number of hydrogen-bond acceptors (Lipinski definition) is 5. The first-order valence-corrected chi connectivity index (χ1v) is 11.6. The van der Waals surface area contributed by atoms with Crippen LogP contribution in [0.25, 0.3) is 0 Å². The molecule has 1 aliphatic heterocycles. The minimum atomic E-state index is -3.50. The molecule has 1 atom stereocenters. The van der Waals surface area contributed by atoms with Crippen LogP contribution in [-0.4, -0.2) is 32.4 Å². The Balaban J connectivity index is 1.74. The summed E-state index contributed by atoms with van der Waals surface area (Å²) in [6, 6.07) is 11.8. The van der Waals surface area contributed by atoms with Crippen LogP contribution in [-0.2, 0) is 25.4 Å². The molecule has 166 valence electrons. The number of nitrogens with one attached hydrogen (secondary N) is 3. The molecule has 2 amide bonds. The number of carbonyl (C=O) groups is 2. The largest absolute Gasteiger partial charge is 0.466 e. The Morgan fingerprint density at radius 1 is 1.19 bits per heavy atom. The average Bonchev–Trinajstić information content (AvgIpc) is 2.67. The lowest BCUT2D eigenvalue weighted by Gasteiger charge is -2.33. The normalized spacial score (nSPS) is 18.2. The van der Waals surface area contributed by atoms with Gasteiger partial charge in [-0.2, -0.15) is 0 Å². The average molecular weight is 446 g/mol. The number of carbonyl (C=O) groups excluding carboxylic acids is 2. The van der Waals surface area contributed by atoms with Crippen molar-refractivity contribution < 1.29 is 22.7 Å². The number of fused-ring (bicyclic) bond motifs is 1. The number of rotatable bonds is 7. The number of anilines is 2. The van der Waals surface area contributed by atoms with E-state index in [1.165, 1.54) is 6.92 Å². The Hall–Kier alpha value is -2.91. The Morgan fingerprint density at radius 3 is 2.65 bits per heavy atom. The fourth-order valence-electron chi connectivity index (χ4n) is 3.04. The summed E-state index contributed by atoms with van der Waals surface area (Å²) in [6.45, 7) is 7.47. The summed E-state index contributed by atoms with van der Waals surface area (Å²) in [5.41, 5.74) is 0.563. The molecule has 0 aromatic heterocycles. The second kappa shape index (κ2) is 8.68. The van der Waals surface area contributed by atoms with Gasteiger partial charge in [0, 0.05) is 12.2 Å². The number of hydrogen-bond donors (Lipinski definition) is 3. The van der Waals surface area contributed by atoms with E-state index >= 15 is 0 Å². The summed E-state index contributed by atoms with van der Waals surface area (Å²) < 4.78 is 32.8. The first-order valence-electron chi connectivity index (χ1n) is 9.97. The molecular weight excluding hydrogens is 418 g/mol. The molecule has 3 rings (SSSR count). The number of amides is 2. The Kier molecular flexibility index (Phi) is 6.38. The molecule has 3 N–H and O–H groups in total. The van der Waals surface area contributed by atoms with E-state index < -0.39 is 27.4 Å². The number of sulfonamides is 1. The van der Waals surface area contributed by atoms with E-state index in [-0.39, 0.29) is 11.7 Å². The monoisotopic (exact) mass is 445 g/mol. The molecule has 0 saturated carbocycles. The molecule has 0 spiro atoms. The molecule has 31 heavy (non-hydrogen) atoms. The van der Waals surface area contributed by atoms with Gasteiger partial charge >= 0.3 is 0 Å². The highest BCUT2D eigenvalue weighted by molar-refractivity contribution is 7.88. The van der Waals surface area contributed by atoms with E-state index in [4.69, 9.17) is 4.74 Å². The molecule has 0 fully saturated rings. The molecule has 8 nitrogen and oxygen atoms in total. The summed E-state index contributed by atoms with van der Waals surface area (Å²) in [4.78, 5) is 25.5. The van der Waals surface area contributed by atoms with Gasteiger partial charge in [0.15, 0.2) is 0 Å². The van der Waals surface area contributed by atoms with Gasteiger partial charge in [-0.3, -0.25) is 9.59 Å². The van der Waals surface area contributed by atoms with E-state index in [1.54, 1.807) is 36.4 Å². The molecular formula is C22H27N3O5S. The van der Waals surface area contributed by atoms with Crippen molar-refractivity contribution in [2.75, 3.05) is 17.2 Å². The lowest BCUT2D eigenvalue weighted by atomic mass is 10.0. The van der Waals surface area contributed by atoms with Crippen LogP contribution in [0.15, 0.2) is 42.5 Å². The van der Waals surface area contributed by atoms with Crippen LogP contribution in [0.2, 0.25) is 0 Å². The number of ether oxygens (including phenoxy) is 1. The highest BCUT2D eigenvalue weighted by Gasteiger charge is 2.47. The molecule has 1 unspecified atom stereocenters. The summed E-state index contributed by atoms with van der Waals surface area (Å²) in [5.74, 6) is -0.866. The van der Waals surface area contributed by atoms with Crippen molar-refractivity contribution in [3.63, 3.8) is 0 Å². The SMILES string of the molecule is Cc1ccc2c(c1)NC(=O)C(C)(C(=O)Nc1cccc(CS(=O)(=O)NCC(C)C)c1)O2. The predicted octanol–water partition coefficient (Wildman–Crippen LogP) is 2.80. The first-order chi connectivity index (χ1) is 14.5. The number of benzene rings is 2. The van der Waals surface area contributed by atoms with Crippen molar-refractivity contribution in [3.05, 3.63) is 53.6 Å². The maximum absolute atomic E-state index is 12.9. The van der Waals surface area contributed by atoms with Crippen molar-refractivity contribution in [3.8, 4) is 5.75 Å². The highest BCUT2D eigenvalue weighted by Crippen LogP contribution is 2.34. The summed E-state index contributed by atoms with van der Waals surface area (Å²) in [6.07, 6.45) is 0. The highest BCUT2D eigenvalue weighted by atomic mass is 32.2. The maximum atomic E-state index is 12.9. The molecule has 1 aliphatic rings. The zero-order valence-electron chi connectivity index (χ0n) is 18.0. The molecule has 0 saturated heterocycles. The molecule has 1 heterocycles. The first kappa shape index (κ1) is 22.8. The van der Waals surface area contributed by atoms with Gasteiger partial charge in [-0.1, -0.05) is 32.0 Å². The maximum Gasteiger partial charge on any atom is 0.278 e. The van der Waals surface area contributed by atoms with Crippen LogP contribution in [0, 0.1) is 12.8 Å². The molecule has 0 radical (unpaired) electrons. The molecule has 9 heteroatoms. The van der Waals surface area contributed by atoms with Gasteiger partial charge < -0.3 is 15.4 Å². The predicted molar refractivity (Wildman–Crippen MR) is 119 cm³/mol. The lowest BCUT2D eigenvalue weighted by molar-refractivity contribution is -0.143. The molecule has 0 bridgehead atoms. The Morgan fingerprint density at radius 2 is 1.94 bits per heavy atom. The Bertz CT molecular complexity index is 1110. The van der Waals surface area contributed by atoms with Gasteiger partial charge in [-0.25, -0.2) is 13.1 Å². The summed E-state index contributed by atoms with van der Waals surface area (Å²) in [7, 11) is -3.50. The molecule has 0 aliphatic carbocycles. The van der Waals surface area contributed by atoms with Crippen molar-refractivity contribution in [1.29, 1.82) is 0 Å². The van der Waals surface area contributed by atoms with Gasteiger partial charge in [0.05, 0.1) is 11.4 Å².